The zero-order valence-electron chi connectivity index (χ0n) is 9.25. The average Bonchev–Trinajstić information content (AvgIpc) is 2.28. The van der Waals surface area contributed by atoms with Gasteiger partial charge in [0, 0.05) is 17.9 Å². The van der Waals surface area contributed by atoms with Crippen molar-refractivity contribution >= 4 is 23.4 Å². The van der Waals surface area contributed by atoms with E-state index in [-0.39, 0.29) is 18.1 Å². The van der Waals surface area contributed by atoms with Gasteiger partial charge in [-0.1, -0.05) is 18.2 Å². The molecule has 1 aromatic carbocycles. The molecule has 16 heavy (non-hydrogen) atoms. The number of ketones is 1. The number of aryl methyl sites for hydroxylation is 1. The number of hydrogen-bond acceptors (Lipinski definition) is 3. The van der Waals surface area contributed by atoms with Gasteiger partial charge in [-0.05, 0) is 12.5 Å². The Balaban J connectivity index is 3.22. The molecule has 1 rings (SSSR count). The van der Waals surface area contributed by atoms with Gasteiger partial charge in [0.15, 0.2) is 5.78 Å². The van der Waals surface area contributed by atoms with Crippen molar-refractivity contribution in [2.24, 2.45) is 0 Å². The van der Waals surface area contributed by atoms with Crippen LogP contribution in [0.3, 0.4) is 0 Å². The van der Waals surface area contributed by atoms with Gasteiger partial charge in [-0.25, -0.2) is 4.79 Å². The number of rotatable bonds is 4. The molecular weight excluding hydrogens is 228 g/mol. The summed E-state index contributed by atoms with van der Waals surface area (Å²) in [7, 11) is 1.30. The molecule has 0 unspecified atom stereocenters. The van der Waals surface area contributed by atoms with Crippen LogP contribution in [0.4, 0.5) is 0 Å². The summed E-state index contributed by atoms with van der Waals surface area (Å²) >= 11 is 5.51. The van der Waals surface area contributed by atoms with E-state index >= 15 is 0 Å². The highest BCUT2D eigenvalue weighted by Crippen LogP contribution is 2.17. The van der Waals surface area contributed by atoms with E-state index in [2.05, 4.69) is 4.74 Å². The number of carbonyl (C=O) groups excluding carboxylic acids is 2. The number of hydrogen-bond donors (Lipinski definition) is 0. The van der Waals surface area contributed by atoms with Crippen molar-refractivity contribution in [3.63, 3.8) is 0 Å². The topological polar surface area (TPSA) is 43.4 Å². The maximum Gasteiger partial charge on any atom is 0.338 e. The van der Waals surface area contributed by atoms with Gasteiger partial charge in [-0.2, -0.15) is 0 Å². The molecule has 0 N–H and O–H groups in total. The number of ether oxygens (including phenoxy) is 1. The minimum absolute atomic E-state index is 0.140. The third-order valence-electron chi connectivity index (χ3n) is 2.28. The lowest BCUT2D eigenvalue weighted by Crippen LogP contribution is -2.12. The summed E-state index contributed by atoms with van der Waals surface area (Å²) in [5, 5.41) is 0. The summed E-state index contributed by atoms with van der Waals surface area (Å²) in [6.07, 6.45) is 0.217. The smallest absolute Gasteiger partial charge is 0.338 e. The number of methoxy groups -OCH3 is 1. The van der Waals surface area contributed by atoms with Crippen molar-refractivity contribution in [1.29, 1.82) is 0 Å². The Bertz CT molecular complexity index is 413. The van der Waals surface area contributed by atoms with E-state index in [9.17, 15) is 9.59 Å². The average molecular weight is 241 g/mol. The van der Waals surface area contributed by atoms with Crippen molar-refractivity contribution in [3.8, 4) is 0 Å². The van der Waals surface area contributed by atoms with E-state index in [1.807, 2.05) is 0 Å². The van der Waals surface area contributed by atoms with Crippen LogP contribution in [-0.4, -0.2) is 24.7 Å². The van der Waals surface area contributed by atoms with E-state index in [1.165, 1.54) is 7.11 Å². The minimum Gasteiger partial charge on any atom is -0.465 e. The molecular formula is C12H13ClO3. The van der Waals surface area contributed by atoms with Crippen molar-refractivity contribution in [2.45, 2.75) is 13.3 Å². The standard InChI is InChI=1S/C12H13ClO3/c1-8-4-3-5-9(10(14)6-7-13)11(8)12(15)16-2/h3-5H,6-7H2,1-2H3. The van der Waals surface area contributed by atoms with Crippen LogP contribution in [0.1, 0.15) is 32.7 Å². The molecule has 0 saturated carbocycles. The lowest BCUT2D eigenvalue weighted by molar-refractivity contribution is 0.0596. The third kappa shape index (κ3) is 2.61. The molecule has 0 atom stereocenters. The number of esters is 1. The summed E-state index contributed by atoms with van der Waals surface area (Å²) in [4.78, 5) is 23.3. The van der Waals surface area contributed by atoms with Crippen LogP contribution in [0, 0.1) is 6.92 Å². The van der Waals surface area contributed by atoms with Gasteiger partial charge in [0.05, 0.1) is 12.7 Å². The number of Topliss-reactive ketones (excluding diaryl/α,β-unsaturated/α-hetero) is 1. The van der Waals surface area contributed by atoms with Gasteiger partial charge < -0.3 is 4.74 Å². The van der Waals surface area contributed by atoms with Gasteiger partial charge in [-0.3, -0.25) is 4.79 Å². The quantitative estimate of drug-likeness (QED) is 0.462. The van der Waals surface area contributed by atoms with Crippen LogP contribution < -0.4 is 0 Å². The lowest BCUT2D eigenvalue weighted by atomic mass is 9.98. The summed E-state index contributed by atoms with van der Waals surface area (Å²) in [6, 6.07) is 5.13. The number of alkyl halides is 1. The molecule has 0 aliphatic rings. The third-order valence-corrected chi connectivity index (χ3v) is 2.47. The Morgan fingerprint density at radius 3 is 2.62 bits per heavy atom. The Hall–Kier alpha value is -1.35. The van der Waals surface area contributed by atoms with Crippen LogP contribution in [0.15, 0.2) is 18.2 Å². The Morgan fingerprint density at radius 1 is 1.38 bits per heavy atom. The van der Waals surface area contributed by atoms with Crippen molar-refractivity contribution < 1.29 is 14.3 Å². The van der Waals surface area contributed by atoms with Gasteiger partial charge in [-0.15, -0.1) is 11.6 Å². The molecule has 0 bridgehead atoms. The predicted molar refractivity (Wildman–Crippen MR) is 62.2 cm³/mol. The van der Waals surface area contributed by atoms with E-state index in [4.69, 9.17) is 11.6 Å². The zero-order chi connectivity index (χ0) is 12.1. The molecule has 1 aromatic rings. The van der Waals surface area contributed by atoms with Crippen LogP contribution in [0.5, 0.6) is 0 Å². The van der Waals surface area contributed by atoms with Gasteiger partial charge in [0.25, 0.3) is 0 Å². The van der Waals surface area contributed by atoms with Crippen molar-refractivity contribution in [1.82, 2.24) is 0 Å². The number of halogens is 1. The first-order valence-corrected chi connectivity index (χ1v) is 5.42. The highest BCUT2D eigenvalue weighted by Gasteiger charge is 2.18. The Kier molecular flexibility index (Phi) is 4.50. The second kappa shape index (κ2) is 5.66. The normalized spacial score (nSPS) is 9.94. The first-order valence-electron chi connectivity index (χ1n) is 4.89. The fourth-order valence-corrected chi connectivity index (χ4v) is 1.67. The maximum absolute atomic E-state index is 11.7. The summed E-state index contributed by atoms with van der Waals surface area (Å²) in [5.74, 6) is -0.386. The molecule has 0 fully saturated rings. The molecule has 0 radical (unpaired) electrons. The van der Waals surface area contributed by atoms with Gasteiger partial charge in [0.2, 0.25) is 0 Å². The summed E-state index contributed by atoms with van der Waals surface area (Å²) in [5.41, 5.74) is 1.44. The highest BCUT2D eigenvalue weighted by molar-refractivity contribution is 6.20. The monoisotopic (exact) mass is 240 g/mol. The molecule has 0 aromatic heterocycles. The number of benzene rings is 1. The molecule has 0 aliphatic heterocycles. The van der Waals surface area contributed by atoms with Crippen LogP contribution in [0.25, 0.3) is 0 Å². The molecule has 4 heteroatoms. The first kappa shape index (κ1) is 12.7. The van der Waals surface area contributed by atoms with Crippen LogP contribution in [-0.2, 0) is 4.74 Å². The molecule has 0 amide bonds. The predicted octanol–water partition coefficient (Wildman–Crippen LogP) is 2.59. The Labute approximate surface area is 99.4 Å². The molecule has 0 heterocycles. The van der Waals surface area contributed by atoms with Crippen molar-refractivity contribution in [2.75, 3.05) is 13.0 Å². The zero-order valence-corrected chi connectivity index (χ0v) is 10.0. The second-order valence-corrected chi connectivity index (χ2v) is 3.73. The molecule has 0 aliphatic carbocycles. The lowest BCUT2D eigenvalue weighted by Gasteiger charge is -2.09. The molecule has 0 spiro atoms. The SMILES string of the molecule is COC(=O)c1c(C)cccc1C(=O)CCCl. The highest BCUT2D eigenvalue weighted by atomic mass is 35.5. The van der Waals surface area contributed by atoms with E-state index in [0.29, 0.717) is 11.1 Å². The molecule has 86 valence electrons. The van der Waals surface area contributed by atoms with E-state index in [0.717, 1.165) is 5.56 Å². The maximum atomic E-state index is 11.7. The minimum atomic E-state index is -0.490. The van der Waals surface area contributed by atoms with E-state index < -0.39 is 5.97 Å². The largest absolute Gasteiger partial charge is 0.465 e. The Morgan fingerprint density at radius 2 is 2.06 bits per heavy atom. The summed E-state index contributed by atoms with van der Waals surface area (Å²) in [6.45, 7) is 1.77. The van der Waals surface area contributed by atoms with E-state index in [1.54, 1.807) is 25.1 Å². The summed E-state index contributed by atoms with van der Waals surface area (Å²) < 4.78 is 4.66. The number of carbonyl (C=O) groups is 2. The van der Waals surface area contributed by atoms with Gasteiger partial charge in [0.1, 0.15) is 0 Å². The van der Waals surface area contributed by atoms with Crippen LogP contribution in [0.2, 0.25) is 0 Å². The van der Waals surface area contributed by atoms with Crippen molar-refractivity contribution in [3.05, 3.63) is 34.9 Å². The molecule has 0 saturated heterocycles. The van der Waals surface area contributed by atoms with Crippen LogP contribution >= 0.6 is 11.6 Å². The fourth-order valence-electron chi connectivity index (χ4n) is 1.49. The first-order chi connectivity index (χ1) is 7.61. The fraction of sp³-hybridized carbons (Fsp3) is 0.333. The molecule has 3 nitrogen and oxygen atoms in total. The second-order valence-electron chi connectivity index (χ2n) is 3.35. The van der Waals surface area contributed by atoms with Gasteiger partial charge >= 0.3 is 5.97 Å².